The van der Waals surface area contributed by atoms with E-state index in [1.165, 1.54) is 0 Å². The molecule has 6 heteroatoms. The molecule has 2 N–H and O–H groups in total. The lowest BCUT2D eigenvalue weighted by Gasteiger charge is -2.34. The number of nitrogens with one attached hydrogen (secondary N) is 2. The molecule has 0 saturated heterocycles. The molecule has 2 aromatic rings. The summed E-state index contributed by atoms with van der Waals surface area (Å²) in [7, 11) is 0. The monoisotopic (exact) mass is 246 g/mol. The van der Waals surface area contributed by atoms with Crippen molar-refractivity contribution in [2.45, 2.75) is 33.4 Å². The van der Waals surface area contributed by atoms with Crippen LogP contribution in [-0.2, 0) is 6.54 Å². The summed E-state index contributed by atoms with van der Waals surface area (Å²) in [4.78, 5) is 0. The smallest absolute Gasteiger partial charge is 0.182 e. The van der Waals surface area contributed by atoms with Crippen LogP contribution in [0.1, 0.15) is 32.6 Å². The first-order valence-electron chi connectivity index (χ1n) is 6.23. The molecule has 0 aromatic carbocycles. The first kappa shape index (κ1) is 11.4. The van der Waals surface area contributed by atoms with Gasteiger partial charge in [-0.1, -0.05) is 20.8 Å². The normalized spacial score (nSPS) is 19.8. The summed E-state index contributed by atoms with van der Waals surface area (Å²) < 4.78 is 2.18. The van der Waals surface area contributed by atoms with Gasteiger partial charge in [0.2, 0.25) is 0 Å². The van der Waals surface area contributed by atoms with E-state index >= 15 is 0 Å². The van der Waals surface area contributed by atoms with Crippen molar-refractivity contribution < 1.29 is 0 Å². The molecule has 1 unspecified atom stereocenters. The van der Waals surface area contributed by atoms with Crippen molar-refractivity contribution >= 4 is 0 Å². The van der Waals surface area contributed by atoms with E-state index in [-0.39, 0.29) is 11.5 Å². The fourth-order valence-corrected chi connectivity index (χ4v) is 2.43. The van der Waals surface area contributed by atoms with Crippen molar-refractivity contribution in [2.24, 2.45) is 5.41 Å². The SMILES string of the molecule is CC(C)(C)C1NCCn2c(-c3ccn[nH]3)nnc21. The molecule has 1 atom stereocenters. The number of aromatic amines is 1. The first-order chi connectivity index (χ1) is 8.57. The topological polar surface area (TPSA) is 71.4 Å². The van der Waals surface area contributed by atoms with Crippen LogP contribution in [0.2, 0.25) is 0 Å². The highest BCUT2D eigenvalue weighted by Crippen LogP contribution is 2.34. The molecule has 3 heterocycles. The van der Waals surface area contributed by atoms with Gasteiger partial charge in [0, 0.05) is 19.3 Å². The number of rotatable bonds is 1. The fraction of sp³-hybridized carbons (Fsp3) is 0.583. The van der Waals surface area contributed by atoms with Crippen molar-refractivity contribution in [3.05, 3.63) is 18.1 Å². The van der Waals surface area contributed by atoms with E-state index in [0.29, 0.717) is 0 Å². The predicted octanol–water partition coefficient (Wildman–Crippen LogP) is 1.36. The number of H-pyrrole nitrogens is 1. The minimum Gasteiger partial charge on any atom is -0.307 e. The summed E-state index contributed by atoms with van der Waals surface area (Å²) >= 11 is 0. The molecule has 0 radical (unpaired) electrons. The molecule has 0 amide bonds. The number of fused-ring (bicyclic) bond motifs is 1. The Morgan fingerprint density at radius 1 is 1.33 bits per heavy atom. The van der Waals surface area contributed by atoms with E-state index in [9.17, 15) is 0 Å². The van der Waals surface area contributed by atoms with E-state index in [1.807, 2.05) is 6.07 Å². The Morgan fingerprint density at radius 3 is 2.83 bits per heavy atom. The number of nitrogens with zero attached hydrogens (tertiary/aromatic N) is 4. The van der Waals surface area contributed by atoms with Gasteiger partial charge in [0.25, 0.3) is 0 Å². The molecule has 3 rings (SSSR count). The van der Waals surface area contributed by atoms with Gasteiger partial charge in [-0.25, -0.2) is 0 Å². The van der Waals surface area contributed by atoms with Crippen LogP contribution in [0.4, 0.5) is 0 Å². The third kappa shape index (κ3) is 1.73. The maximum absolute atomic E-state index is 4.36. The summed E-state index contributed by atoms with van der Waals surface area (Å²) in [5.41, 5.74) is 1.04. The number of aromatic nitrogens is 5. The highest BCUT2D eigenvalue weighted by Gasteiger charge is 2.34. The Labute approximate surface area is 106 Å². The number of hydrogen-bond acceptors (Lipinski definition) is 4. The van der Waals surface area contributed by atoms with Gasteiger partial charge in [0.15, 0.2) is 11.6 Å². The van der Waals surface area contributed by atoms with Gasteiger partial charge in [0.05, 0.1) is 6.04 Å². The van der Waals surface area contributed by atoms with Crippen LogP contribution in [0.3, 0.4) is 0 Å². The Hall–Kier alpha value is -1.69. The van der Waals surface area contributed by atoms with Gasteiger partial charge in [-0.05, 0) is 11.5 Å². The lowest BCUT2D eigenvalue weighted by atomic mass is 9.85. The average Bonchev–Trinajstić information content (AvgIpc) is 2.95. The third-order valence-electron chi connectivity index (χ3n) is 3.33. The lowest BCUT2D eigenvalue weighted by molar-refractivity contribution is 0.234. The van der Waals surface area contributed by atoms with Crippen molar-refractivity contribution in [3.63, 3.8) is 0 Å². The summed E-state index contributed by atoms with van der Waals surface area (Å²) in [5.74, 6) is 1.89. The predicted molar refractivity (Wildman–Crippen MR) is 67.8 cm³/mol. The minimum atomic E-state index is 0.121. The molecule has 0 fully saturated rings. The summed E-state index contributed by atoms with van der Waals surface area (Å²) in [6.45, 7) is 8.47. The van der Waals surface area contributed by atoms with Gasteiger partial charge in [0.1, 0.15) is 5.69 Å². The van der Waals surface area contributed by atoms with E-state index in [0.717, 1.165) is 30.4 Å². The van der Waals surface area contributed by atoms with Crippen LogP contribution in [0.25, 0.3) is 11.5 Å². The summed E-state index contributed by atoms with van der Waals surface area (Å²) in [6.07, 6.45) is 1.74. The molecular weight excluding hydrogens is 228 g/mol. The Balaban J connectivity index is 2.06. The van der Waals surface area contributed by atoms with Gasteiger partial charge in [-0.15, -0.1) is 10.2 Å². The largest absolute Gasteiger partial charge is 0.307 e. The van der Waals surface area contributed by atoms with Crippen molar-refractivity contribution in [3.8, 4) is 11.5 Å². The first-order valence-corrected chi connectivity index (χ1v) is 6.23. The van der Waals surface area contributed by atoms with Gasteiger partial charge in [-0.3, -0.25) is 5.10 Å². The van der Waals surface area contributed by atoms with Gasteiger partial charge >= 0.3 is 0 Å². The van der Waals surface area contributed by atoms with Crippen LogP contribution in [0.15, 0.2) is 12.3 Å². The lowest BCUT2D eigenvalue weighted by Crippen LogP contribution is -2.40. The molecule has 1 aliphatic rings. The van der Waals surface area contributed by atoms with Crippen LogP contribution in [0.5, 0.6) is 0 Å². The Bertz CT molecular complexity index is 533. The van der Waals surface area contributed by atoms with Gasteiger partial charge < -0.3 is 9.88 Å². The van der Waals surface area contributed by atoms with Crippen LogP contribution >= 0.6 is 0 Å². The molecule has 6 nitrogen and oxygen atoms in total. The highest BCUT2D eigenvalue weighted by atomic mass is 15.3. The zero-order valence-electron chi connectivity index (χ0n) is 10.9. The molecular formula is C12H18N6. The molecule has 0 spiro atoms. The minimum absolute atomic E-state index is 0.121. The van der Waals surface area contributed by atoms with Crippen molar-refractivity contribution in [1.29, 1.82) is 0 Å². The van der Waals surface area contributed by atoms with Crippen LogP contribution in [-0.4, -0.2) is 31.5 Å². The second kappa shape index (κ2) is 3.91. The van der Waals surface area contributed by atoms with E-state index in [4.69, 9.17) is 0 Å². The molecule has 2 aromatic heterocycles. The second-order valence-electron chi connectivity index (χ2n) is 5.76. The molecule has 96 valence electrons. The van der Waals surface area contributed by atoms with Crippen molar-refractivity contribution in [2.75, 3.05) is 6.54 Å². The van der Waals surface area contributed by atoms with Crippen molar-refractivity contribution in [1.82, 2.24) is 30.3 Å². The maximum Gasteiger partial charge on any atom is 0.182 e. The van der Waals surface area contributed by atoms with E-state index in [2.05, 4.69) is 51.0 Å². The molecule has 0 saturated carbocycles. The zero-order valence-corrected chi connectivity index (χ0v) is 10.9. The molecule has 0 aliphatic carbocycles. The zero-order chi connectivity index (χ0) is 12.8. The Morgan fingerprint density at radius 2 is 2.17 bits per heavy atom. The Kier molecular flexibility index (Phi) is 2.48. The van der Waals surface area contributed by atoms with E-state index < -0.39 is 0 Å². The summed E-state index contributed by atoms with van der Waals surface area (Å²) in [6, 6.07) is 2.15. The quantitative estimate of drug-likeness (QED) is 0.797. The fourth-order valence-electron chi connectivity index (χ4n) is 2.43. The van der Waals surface area contributed by atoms with Gasteiger partial charge in [-0.2, -0.15) is 5.10 Å². The molecule has 1 aliphatic heterocycles. The maximum atomic E-state index is 4.36. The number of hydrogen-bond donors (Lipinski definition) is 2. The second-order valence-corrected chi connectivity index (χ2v) is 5.76. The molecule has 18 heavy (non-hydrogen) atoms. The summed E-state index contributed by atoms with van der Waals surface area (Å²) in [5, 5.41) is 19.1. The highest BCUT2D eigenvalue weighted by molar-refractivity contribution is 5.48. The third-order valence-corrected chi connectivity index (χ3v) is 3.33. The standard InChI is InChI=1S/C12H18N6/c1-12(2,3)9-11-17-16-10(8-4-5-14-15-8)18(11)7-6-13-9/h4-5,9,13H,6-7H2,1-3H3,(H,14,15). The average molecular weight is 246 g/mol. The van der Waals surface area contributed by atoms with Crippen LogP contribution in [0, 0.1) is 5.41 Å². The van der Waals surface area contributed by atoms with E-state index in [1.54, 1.807) is 6.20 Å². The molecule has 0 bridgehead atoms. The van der Waals surface area contributed by atoms with Crippen LogP contribution < -0.4 is 5.32 Å².